The summed E-state index contributed by atoms with van der Waals surface area (Å²) in [5.74, 6) is -0.788. The second-order valence-electron chi connectivity index (χ2n) is 5.96. The Bertz CT molecular complexity index is 390. The summed E-state index contributed by atoms with van der Waals surface area (Å²) in [5.41, 5.74) is 2.37. The molecule has 0 heterocycles. The SMILES string of the molecule is Cc1ccc(N(CCC(C)(C)C)CC(=O)O)cc1. The van der Waals surface area contributed by atoms with E-state index in [0.29, 0.717) is 0 Å². The number of benzene rings is 1. The van der Waals surface area contributed by atoms with Crippen LogP contribution in [0.2, 0.25) is 0 Å². The van der Waals surface area contributed by atoms with E-state index in [1.807, 2.05) is 36.1 Å². The van der Waals surface area contributed by atoms with Gasteiger partial charge < -0.3 is 10.0 Å². The fourth-order valence-electron chi connectivity index (χ4n) is 1.69. The predicted molar refractivity (Wildman–Crippen MR) is 75.1 cm³/mol. The Hall–Kier alpha value is -1.51. The van der Waals surface area contributed by atoms with Crippen molar-refractivity contribution in [2.45, 2.75) is 34.1 Å². The van der Waals surface area contributed by atoms with Gasteiger partial charge in [0.2, 0.25) is 0 Å². The van der Waals surface area contributed by atoms with Gasteiger partial charge in [0.25, 0.3) is 0 Å². The Morgan fingerprint density at radius 3 is 2.22 bits per heavy atom. The monoisotopic (exact) mass is 249 g/mol. The van der Waals surface area contributed by atoms with Gasteiger partial charge in [0.05, 0.1) is 0 Å². The van der Waals surface area contributed by atoms with E-state index < -0.39 is 5.97 Å². The van der Waals surface area contributed by atoms with Gasteiger partial charge >= 0.3 is 5.97 Å². The van der Waals surface area contributed by atoms with Crippen LogP contribution in [0, 0.1) is 12.3 Å². The van der Waals surface area contributed by atoms with Gasteiger partial charge in [-0.25, -0.2) is 0 Å². The van der Waals surface area contributed by atoms with Gasteiger partial charge in [-0.15, -0.1) is 0 Å². The van der Waals surface area contributed by atoms with Crippen LogP contribution in [0.25, 0.3) is 0 Å². The summed E-state index contributed by atoms with van der Waals surface area (Å²) in [5, 5.41) is 8.99. The summed E-state index contributed by atoms with van der Waals surface area (Å²) < 4.78 is 0. The maximum Gasteiger partial charge on any atom is 0.323 e. The summed E-state index contributed by atoms with van der Waals surface area (Å²) in [4.78, 5) is 12.9. The Morgan fingerprint density at radius 1 is 1.22 bits per heavy atom. The number of aryl methyl sites for hydroxylation is 1. The van der Waals surface area contributed by atoms with Crippen molar-refractivity contribution in [3.05, 3.63) is 29.8 Å². The molecule has 0 aliphatic heterocycles. The van der Waals surface area contributed by atoms with E-state index in [4.69, 9.17) is 5.11 Å². The Labute approximate surface area is 109 Å². The predicted octanol–water partition coefficient (Wildman–Crippen LogP) is 3.32. The summed E-state index contributed by atoms with van der Waals surface area (Å²) in [7, 11) is 0. The minimum absolute atomic E-state index is 0.0547. The molecular weight excluding hydrogens is 226 g/mol. The number of aliphatic carboxylic acids is 1. The Balaban J connectivity index is 2.77. The molecule has 100 valence electrons. The number of carboxylic acids is 1. The number of hydrogen-bond donors (Lipinski definition) is 1. The van der Waals surface area contributed by atoms with Gasteiger partial charge in [0, 0.05) is 12.2 Å². The van der Waals surface area contributed by atoms with Crippen molar-refractivity contribution in [3.63, 3.8) is 0 Å². The molecule has 3 heteroatoms. The van der Waals surface area contributed by atoms with Gasteiger partial charge in [0.1, 0.15) is 6.54 Å². The van der Waals surface area contributed by atoms with Crippen molar-refractivity contribution in [1.29, 1.82) is 0 Å². The molecule has 3 nitrogen and oxygen atoms in total. The number of nitrogens with zero attached hydrogens (tertiary/aromatic N) is 1. The zero-order valence-electron chi connectivity index (χ0n) is 11.7. The third-order valence-electron chi connectivity index (χ3n) is 2.86. The smallest absolute Gasteiger partial charge is 0.323 e. The first-order valence-electron chi connectivity index (χ1n) is 6.31. The van der Waals surface area contributed by atoms with E-state index in [-0.39, 0.29) is 12.0 Å². The van der Waals surface area contributed by atoms with E-state index in [1.165, 1.54) is 5.56 Å². The molecule has 0 atom stereocenters. The van der Waals surface area contributed by atoms with Crippen LogP contribution in [0.3, 0.4) is 0 Å². The second-order valence-corrected chi connectivity index (χ2v) is 5.96. The lowest BCUT2D eigenvalue weighted by Gasteiger charge is -2.27. The molecular formula is C15H23NO2. The number of anilines is 1. The number of rotatable bonds is 5. The van der Waals surface area contributed by atoms with Gasteiger partial charge in [-0.2, -0.15) is 0 Å². The van der Waals surface area contributed by atoms with E-state index >= 15 is 0 Å². The first kappa shape index (κ1) is 14.6. The summed E-state index contributed by atoms with van der Waals surface area (Å²) in [6.07, 6.45) is 0.966. The third kappa shape index (κ3) is 5.21. The second kappa shape index (κ2) is 5.89. The van der Waals surface area contributed by atoms with Crippen LogP contribution in [0.1, 0.15) is 32.8 Å². The Kier molecular flexibility index (Phi) is 4.76. The zero-order chi connectivity index (χ0) is 13.8. The molecule has 1 N–H and O–H groups in total. The minimum Gasteiger partial charge on any atom is -0.480 e. The van der Waals surface area contributed by atoms with Crippen LogP contribution in [0.15, 0.2) is 24.3 Å². The van der Waals surface area contributed by atoms with Crippen LogP contribution >= 0.6 is 0 Å². The van der Waals surface area contributed by atoms with E-state index in [2.05, 4.69) is 20.8 Å². The first-order chi connectivity index (χ1) is 8.28. The number of carbonyl (C=O) groups is 1. The number of hydrogen-bond acceptors (Lipinski definition) is 2. The fourth-order valence-corrected chi connectivity index (χ4v) is 1.69. The molecule has 1 aromatic carbocycles. The summed E-state index contributed by atoms with van der Waals surface area (Å²) >= 11 is 0. The molecule has 0 saturated heterocycles. The molecule has 0 aliphatic carbocycles. The molecule has 0 radical (unpaired) electrons. The van der Waals surface area contributed by atoms with Crippen molar-refractivity contribution >= 4 is 11.7 Å². The average Bonchev–Trinajstić information content (AvgIpc) is 2.24. The lowest BCUT2D eigenvalue weighted by molar-refractivity contribution is -0.135. The van der Waals surface area contributed by atoms with Crippen molar-refractivity contribution in [2.75, 3.05) is 18.0 Å². The van der Waals surface area contributed by atoms with Gasteiger partial charge in [-0.3, -0.25) is 4.79 Å². The molecule has 0 spiro atoms. The van der Waals surface area contributed by atoms with Gasteiger partial charge in [-0.1, -0.05) is 38.5 Å². The highest BCUT2D eigenvalue weighted by molar-refractivity contribution is 5.73. The van der Waals surface area contributed by atoms with Crippen LogP contribution in [0.5, 0.6) is 0 Å². The van der Waals surface area contributed by atoms with E-state index in [0.717, 1.165) is 18.7 Å². The highest BCUT2D eigenvalue weighted by Gasteiger charge is 2.15. The topological polar surface area (TPSA) is 40.5 Å². The maximum atomic E-state index is 10.9. The molecule has 18 heavy (non-hydrogen) atoms. The summed E-state index contributed by atoms with van der Waals surface area (Å²) in [6.45, 7) is 9.35. The molecule has 0 unspecified atom stereocenters. The van der Waals surface area contributed by atoms with Crippen molar-refractivity contribution in [3.8, 4) is 0 Å². The normalized spacial score (nSPS) is 11.3. The largest absolute Gasteiger partial charge is 0.480 e. The maximum absolute atomic E-state index is 10.9. The fraction of sp³-hybridized carbons (Fsp3) is 0.533. The number of carboxylic acid groups (broad SMARTS) is 1. The highest BCUT2D eigenvalue weighted by Crippen LogP contribution is 2.22. The molecule has 0 saturated carbocycles. The minimum atomic E-state index is -0.788. The first-order valence-corrected chi connectivity index (χ1v) is 6.31. The summed E-state index contributed by atoms with van der Waals surface area (Å²) in [6, 6.07) is 8.00. The standard InChI is InChI=1S/C15H23NO2/c1-12-5-7-13(8-6-12)16(11-14(17)18)10-9-15(2,3)4/h5-8H,9-11H2,1-4H3,(H,17,18). The van der Waals surface area contributed by atoms with Crippen LogP contribution in [-0.2, 0) is 4.79 Å². The lowest BCUT2D eigenvalue weighted by atomic mass is 9.92. The quantitative estimate of drug-likeness (QED) is 0.870. The average molecular weight is 249 g/mol. The Morgan fingerprint density at radius 2 is 1.78 bits per heavy atom. The zero-order valence-corrected chi connectivity index (χ0v) is 11.7. The van der Waals surface area contributed by atoms with Crippen molar-refractivity contribution in [2.24, 2.45) is 5.41 Å². The third-order valence-corrected chi connectivity index (χ3v) is 2.86. The molecule has 0 bridgehead atoms. The molecule has 0 amide bonds. The van der Waals surface area contributed by atoms with E-state index in [1.54, 1.807) is 0 Å². The molecule has 0 aliphatic rings. The van der Waals surface area contributed by atoms with Gasteiger partial charge in [0.15, 0.2) is 0 Å². The molecule has 1 aromatic rings. The molecule has 0 aromatic heterocycles. The van der Waals surface area contributed by atoms with Gasteiger partial charge in [-0.05, 0) is 30.9 Å². The van der Waals surface area contributed by atoms with Crippen LogP contribution in [-0.4, -0.2) is 24.2 Å². The highest BCUT2D eigenvalue weighted by atomic mass is 16.4. The van der Waals surface area contributed by atoms with Crippen molar-refractivity contribution in [1.82, 2.24) is 0 Å². The lowest BCUT2D eigenvalue weighted by Crippen LogP contribution is -2.32. The van der Waals surface area contributed by atoms with Crippen LogP contribution in [0.4, 0.5) is 5.69 Å². The molecule has 1 rings (SSSR count). The van der Waals surface area contributed by atoms with Crippen LogP contribution < -0.4 is 4.90 Å². The molecule has 0 fully saturated rings. The van der Waals surface area contributed by atoms with Crippen molar-refractivity contribution < 1.29 is 9.90 Å². The van der Waals surface area contributed by atoms with E-state index in [9.17, 15) is 4.79 Å².